The van der Waals surface area contributed by atoms with Crippen molar-refractivity contribution < 1.29 is 23.6 Å². The predicted molar refractivity (Wildman–Crippen MR) is 107 cm³/mol. The highest BCUT2D eigenvalue weighted by Gasteiger charge is 2.47. The van der Waals surface area contributed by atoms with Crippen LogP contribution in [0, 0.1) is 0 Å². The SMILES string of the molecule is CCCC[C@@]1(C)NC(=O)N(CC(=O)OCc2nc(-c3ccc(CC)cc3)no2)C1=O. The highest BCUT2D eigenvalue weighted by Crippen LogP contribution is 2.23. The Morgan fingerprint density at radius 1 is 1.23 bits per heavy atom. The fourth-order valence-corrected chi connectivity index (χ4v) is 3.23. The van der Waals surface area contributed by atoms with Crippen LogP contribution in [-0.4, -0.2) is 45.0 Å². The van der Waals surface area contributed by atoms with Crippen LogP contribution in [0.4, 0.5) is 4.79 Å². The summed E-state index contributed by atoms with van der Waals surface area (Å²) in [6, 6.07) is 7.17. The molecule has 1 fully saturated rings. The van der Waals surface area contributed by atoms with E-state index >= 15 is 0 Å². The lowest BCUT2D eigenvalue weighted by molar-refractivity contribution is -0.149. The Balaban J connectivity index is 1.54. The number of nitrogens with zero attached hydrogens (tertiary/aromatic N) is 3. The molecule has 0 spiro atoms. The summed E-state index contributed by atoms with van der Waals surface area (Å²) in [6.45, 7) is 5.03. The van der Waals surface area contributed by atoms with Crippen LogP contribution in [0.3, 0.4) is 0 Å². The van der Waals surface area contributed by atoms with Gasteiger partial charge in [0.2, 0.25) is 5.82 Å². The first kappa shape index (κ1) is 21.5. The van der Waals surface area contributed by atoms with Crippen molar-refractivity contribution in [3.8, 4) is 11.4 Å². The Morgan fingerprint density at radius 2 is 1.97 bits per heavy atom. The topological polar surface area (TPSA) is 115 Å². The lowest BCUT2D eigenvalue weighted by Gasteiger charge is -2.20. The third kappa shape index (κ3) is 4.67. The third-order valence-corrected chi connectivity index (χ3v) is 5.11. The second-order valence-corrected chi connectivity index (χ2v) is 7.48. The standard InChI is InChI=1S/C21H26N4O5/c1-4-6-11-21(3)19(27)25(20(28)23-21)12-17(26)29-13-16-22-18(24-30-16)15-9-7-14(5-2)8-10-15/h7-10H,4-6,11-13H2,1-3H3,(H,23,28)/t21-/m1/s1. The molecule has 160 valence electrons. The van der Waals surface area contributed by atoms with Gasteiger partial charge in [0.25, 0.3) is 11.8 Å². The Morgan fingerprint density at radius 3 is 2.63 bits per heavy atom. The molecular weight excluding hydrogens is 388 g/mol. The highest BCUT2D eigenvalue weighted by atomic mass is 16.6. The van der Waals surface area contributed by atoms with Gasteiger partial charge < -0.3 is 14.6 Å². The molecule has 1 atom stereocenters. The molecule has 9 heteroatoms. The second kappa shape index (κ2) is 9.06. The number of aryl methyl sites for hydroxylation is 1. The molecule has 1 aromatic carbocycles. The maximum Gasteiger partial charge on any atom is 0.326 e. The predicted octanol–water partition coefficient (Wildman–Crippen LogP) is 2.84. The molecule has 1 saturated heterocycles. The van der Waals surface area contributed by atoms with E-state index in [0.717, 1.165) is 29.7 Å². The molecule has 30 heavy (non-hydrogen) atoms. The van der Waals surface area contributed by atoms with Crippen LogP contribution in [0.2, 0.25) is 0 Å². The van der Waals surface area contributed by atoms with Crippen molar-refractivity contribution in [1.82, 2.24) is 20.4 Å². The van der Waals surface area contributed by atoms with Crippen molar-refractivity contribution in [2.75, 3.05) is 6.54 Å². The number of hydrogen-bond acceptors (Lipinski definition) is 7. The largest absolute Gasteiger partial charge is 0.454 e. The fourth-order valence-electron chi connectivity index (χ4n) is 3.23. The van der Waals surface area contributed by atoms with E-state index in [1.165, 1.54) is 5.56 Å². The minimum Gasteiger partial charge on any atom is -0.454 e. The number of rotatable bonds is 9. The van der Waals surface area contributed by atoms with Gasteiger partial charge in [-0.05, 0) is 25.3 Å². The number of hydrogen-bond donors (Lipinski definition) is 1. The molecule has 0 bridgehead atoms. The molecule has 0 saturated carbocycles. The smallest absolute Gasteiger partial charge is 0.326 e. The van der Waals surface area contributed by atoms with Gasteiger partial charge >= 0.3 is 12.0 Å². The monoisotopic (exact) mass is 414 g/mol. The number of esters is 1. The maximum atomic E-state index is 12.6. The molecule has 0 unspecified atom stereocenters. The number of carbonyl (C=O) groups is 3. The van der Waals surface area contributed by atoms with Crippen LogP contribution in [0.1, 0.15) is 51.5 Å². The Hall–Kier alpha value is -3.23. The second-order valence-electron chi connectivity index (χ2n) is 7.48. The first-order chi connectivity index (χ1) is 14.4. The molecule has 1 aliphatic rings. The van der Waals surface area contributed by atoms with E-state index in [4.69, 9.17) is 9.26 Å². The Labute approximate surface area is 174 Å². The fraction of sp³-hybridized carbons (Fsp3) is 0.476. The van der Waals surface area contributed by atoms with Gasteiger partial charge in [-0.2, -0.15) is 4.98 Å². The molecule has 1 aliphatic heterocycles. The molecule has 2 heterocycles. The van der Waals surface area contributed by atoms with Crippen LogP contribution < -0.4 is 5.32 Å². The summed E-state index contributed by atoms with van der Waals surface area (Å²) in [6.07, 6.45) is 3.14. The molecule has 9 nitrogen and oxygen atoms in total. The van der Waals surface area contributed by atoms with E-state index < -0.39 is 30.0 Å². The van der Waals surface area contributed by atoms with Gasteiger partial charge in [0.05, 0.1) is 0 Å². The highest BCUT2D eigenvalue weighted by molar-refractivity contribution is 6.08. The van der Waals surface area contributed by atoms with Gasteiger partial charge in [0.15, 0.2) is 6.61 Å². The van der Waals surface area contributed by atoms with Gasteiger partial charge in [-0.25, -0.2) is 4.79 Å². The minimum atomic E-state index is -0.984. The molecular formula is C21H26N4O5. The summed E-state index contributed by atoms with van der Waals surface area (Å²) in [5, 5.41) is 6.55. The maximum absolute atomic E-state index is 12.6. The van der Waals surface area contributed by atoms with Crippen molar-refractivity contribution in [3.63, 3.8) is 0 Å². The number of ether oxygens (including phenoxy) is 1. The zero-order valence-corrected chi connectivity index (χ0v) is 17.4. The van der Waals surface area contributed by atoms with Crippen molar-refractivity contribution in [1.29, 1.82) is 0 Å². The number of urea groups is 1. The summed E-state index contributed by atoms with van der Waals surface area (Å²) in [5.41, 5.74) is 1.00. The number of benzene rings is 1. The van der Waals surface area contributed by atoms with Crippen molar-refractivity contribution in [3.05, 3.63) is 35.7 Å². The lowest BCUT2D eigenvalue weighted by atomic mass is 9.95. The van der Waals surface area contributed by atoms with Gasteiger partial charge in [-0.3, -0.25) is 14.5 Å². The van der Waals surface area contributed by atoms with Gasteiger partial charge in [-0.1, -0.05) is 56.1 Å². The molecule has 1 N–H and O–H groups in total. The molecule has 3 rings (SSSR count). The van der Waals surface area contributed by atoms with Crippen LogP contribution in [0.15, 0.2) is 28.8 Å². The normalized spacial score (nSPS) is 18.6. The summed E-state index contributed by atoms with van der Waals surface area (Å²) in [5.74, 6) is -0.633. The Kier molecular flexibility index (Phi) is 6.49. The molecule has 2 aromatic rings. The summed E-state index contributed by atoms with van der Waals surface area (Å²) >= 11 is 0. The van der Waals surface area contributed by atoms with Crippen LogP contribution in [0.25, 0.3) is 11.4 Å². The van der Waals surface area contributed by atoms with E-state index in [0.29, 0.717) is 12.2 Å². The molecule has 1 aromatic heterocycles. The van der Waals surface area contributed by atoms with Gasteiger partial charge in [0, 0.05) is 5.56 Å². The van der Waals surface area contributed by atoms with Gasteiger partial charge in [-0.15, -0.1) is 0 Å². The van der Waals surface area contributed by atoms with E-state index in [-0.39, 0.29) is 12.5 Å². The summed E-state index contributed by atoms with van der Waals surface area (Å²) < 4.78 is 10.2. The van der Waals surface area contributed by atoms with Crippen LogP contribution in [-0.2, 0) is 27.4 Å². The average molecular weight is 414 g/mol. The zero-order chi connectivity index (χ0) is 21.7. The van der Waals surface area contributed by atoms with Crippen LogP contribution in [0.5, 0.6) is 0 Å². The van der Waals surface area contributed by atoms with E-state index in [1.807, 2.05) is 31.2 Å². The lowest BCUT2D eigenvalue weighted by Crippen LogP contribution is -2.44. The first-order valence-electron chi connectivity index (χ1n) is 10.1. The zero-order valence-electron chi connectivity index (χ0n) is 17.4. The number of amides is 3. The number of carbonyl (C=O) groups excluding carboxylic acids is 3. The summed E-state index contributed by atoms with van der Waals surface area (Å²) in [4.78, 5) is 41.9. The first-order valence-corrected chi connectivity index (χ1v) is 10.1. The van der Waals surface area contributed by atoms with Crippen LogP contribution >= 0.6 is 0 Å². The number of aromatic nitrogens is 2. The number of unbranched alkanes of at least 4 members (excludes halogenated alkanes) is 1. The summed E-state index contributed by atoms with van der Waals surface area (Å²) in [7, 11) is 0. The van der Waals surface area contributed by atoms with Crippen molar-refractivity contribution >= 4 is 17.9 Å². The van der Waals surface area contributed by atoms with E-state index in [9.17, 15) is 14.4 Å². The number of imide groups is 1. The average Bonchev–Trinajstić information content (AvgIpc) is 3.30. The molecule has 3 amide bonds. The van der Waals surface area contributed by atoms with Crippen molar-refractivity contribution in [2.24, 2.45) is 0 Å². The minimum absolute atomic E-state index is 0.128. The van der Waals surface area contributed by atoms with E-state index in [2.05, 4.69) is 22.4 Å². The molecule has 0 aliphatic carbocycles. The Bertz CT molecular complexity index is 924. The number of nitrogens with one attached hydrogen (secondary N) is 1. The molecule has 0 radical (unpaired) electrons. The van der Waals surface area contributed by atoms with Crippen molar-refractivity contribution in [2.45, 2.75) is 58.6 Å². The van der Waals surface area contributed by atoms with Gasteiger partial charge in [0.1, 0.15) is 12.1 Å². The quantitative estimate of drug-likeness (QED) is 0.495. The van der Waals surface area contributed by atoms with E-state index in [1.54, 1.807) is 6.92 Å². The third-order valence-electron chi connectivity index (χ3n) is 5.11.